The summed E-state index contributed by atoms with van der Waals surface area (Å²) in [6, 6.07) is -3.62. The summed E-state index contributed by atoms with van der Waals surface area (Å²) in [5.41, 5.74) is 5.41. The van der Waals surface area contributed by atoms with Crippen molar-refractivity contribution in [3.63, 3.8) is 0 Å². The maximum atomic E-state index is 11.9. The van der Waals surface area contributed by atoms with Gasteiger partial charge in [0.1, 0.15) is 12.1 Å². The highest BCUT2D eigenvalue weighted by atomic mass is 32.1. The third kappa shape index (κ3) is 8.33. The zero-order valence-corrected chi connectivity index (χ0v) is 13.7. The van der Waals surface area contributed by atoms with Gasteiger partial charge in [0.25, 0.3) is 0 Å². The van der Waals surface area contributed by atoms with E-state index >= 15 is 0 Å². The van der Waals surface area contributed by atoms with Gasteiger partial charge in [0, 0.05) is 5.75 Å². The van der Waals surface area contributed by atoms with Gasteiger partial charge in [0.15, 0.2) is 0 Å². The summed E-state index contributed by atoms with van der Waals surface area (Å²) in [5.74, 6) is -5.09. The van der Waals surface area contributed by atoms with Gasteiger partial charge >= 0.3 is 11.9 Å². The van der Waals surface area contributed by atoms with Crippen LogP contribution in [0.2, 0.25) is 0 Å². The summed E-state index contributed by atoms with van der Waals surface area (Å²) in [4.78, 5) is 56.3. The van der Waals surface area contributed by atoms with Crippen molar-refractivity contribution < 1.29 is 34.2 Å². The number of aliphatic carboxylic acids is 2. The molecule has 0 aliphatic rings. The lowest BCUT2D eigenvalue weighted by Crippen LogP contribution is -2.54. The number of carbonyl (C=O) groups is 5. The Labute approximate surface area is 142 Å². The Balaban J connectivity index is 4.65. The van der Waals surface area contributed by atoms with Gasteiger partial charge in [-0.15, -0.1) is 0 Å². The van der Waals surface area contributed by atoms with Crippen LogP contribution in [0.4, 0.5) is 0 Å². The van der Waals surface area contributed by atoms with E-state index in [4.69, 9.17) is 15.9 Å². The molecule has 24 heavy (non-hydrogen) atoms. The molecule has 0 saturated carbocycles. The average Bonchev–Trinajstić information content (AvgIpc) is 2.50. The van der Waals surface area contributed by atoms with Gasteiger partial charge in [-0.2, -0.15) is 12.6 Å². The van der Waals surface area contributed by atoms with Crippen molar-refractivity contribution in [3.05, 3.63) is 0 Å². The molecule has 0 radical (unpaired) electrons. The smallest absolute Gasteiger partial charge is 0.325 e. The molecule has 0 saturated heterocycles. The van der Waals surface area contributed by atoms with Crippen LogP contribution in [0.25, 0.3) is 0 Å². The topological polar surface area (TPSA) is 188 Å². The average molecular weight is 364 g/mol. The van der Waals surface area contributed by atoms with E-state index < -0.39 is 60.8 Å². The minimum Gasteiger partial charge on any atom is -0.481 e. The van der Waals surface area contributed by atoms with E-state index in [1.54, 1.807) is 0 Å². The molecule has 3 unspecified atom stereocenters. The molecule has 11 nitrogen and oxygen atoms in total. The summed E-state index contributed by atoms with van der Waals surface area (Å²) < 4.78 is 0. The molecular weight excluding hydrogens is 344 g/mol. The molecule has 3 amide bonds. The van der Waals surface area contributed by atoms with E-state index in [1.807, 2.05) is 0 Å². The number of hydrogen-bond donors (Lipinski definition) is 7. The molecule has 12 heteroatoms. The fourth-order valence-corrected chi connectivity index (χ4v) is 1.56. The van der Waals surface area contributed by atoms with Crippen LogP contribution in [0, 0.1) is 0 Å². The molecule has 136 valence electrons. The van der Waals surface area contributed by atoms with Gasteiger partial charge in [-0.1, -0.05) is 0 Å². The number of nitrogens with one attached hydrogen (secondary N) is 3. The fourth-order valence-electron chi connectivity index (χ4n) is 1.39. The van der Waals surface area contributed by atoms with Gasteiger partial charge in [-0.05, 0) is 6.92 Å². The highest BCUT2D eigenvalue weighted by Crippen LogP contribution is 1.95. The van der Waals surface area contributed by atoms with Crippen LogP contribution in [-0.2, 0) is 24.0 Å². The third-order valence-corrected chi connectivity index (χ3v) is 3.11. The van der Waals surface area contributed by atoms with Gasteiger partial charge in [-0.25, -0.2) is 0 Å². The molecule has 0 rings (SSSR count). The van der Waals surface area contributed by atoms with Crippen molar-refractivity contribution in [2.75, 3.05) is 12.3 Å². The van der Waals surface area contributed by atoms with Crippen LogP contribution in [0.15, 0.2) is 0 Å². The Morgan fingerprint density at radius 3 is 2.12 bits per heavy atom. The van der Waals surface area contributed by atoms with E-state index in [0.29, 0.717) is 0 Å². The lowest BCUT2D eigenvalue weighted by molar-refractivity contribution is -0.142. The molecule has 0 aromatic rings. The van der Waals surface area contributed by atoms with Crippen LogP contribution < -0.4 is 21.7 Å². The molecule has 0 aromatic carbocycles. The summed E-state index contributed by atoms with van der Waals surface area (Å²) in [5, 5.41) is 23.8. The van der Waals surface area contributed by atoms with E-state index in [2.05, 4.69) is 28.6 Å². The van der Waals surface area contributed by atoms with Crippen molar-refractivity contribution >= 4 is 42.3 Å². The predicted molar refractivity (Wildman–Crippen MR) is 84.3 cm³/mol. The Bertz CT molecular complexity index is 514. The Morgan fingerprint density at radius 1 is 1.08 bits per heavy atom. The van der Waals surface area contributed by atoms with Crippen molar-refractivity contribution in [2.24, 2.45) is 5.73 Å². The first kappa shape index (κ1) is 21.7. The summed E-state index contributed by atoms with van der Waals surface area (Å²) in [7, 11) is 0. The molecule has 0 aliphatic heterocycles. The molecule has 0 spiro atoms. The Kier molecular flexibility index (Phi) is 9.42. The predicted octanol–water partition coefficient (Wildman–Crippen LogP) is -3.09. The zero-order chi connectivity index (χ0) is 18.9. The lowest BCUT2D eigenvalue weighted by Gasteiger charge is -2.19. The molecule has 0 aliphatic carbocycles. The molecular formula is C12H20N4O7S. The number of carbonyl (C=O) groups excluding carboxylic acids is 3. The number of thiol groups is 1. The Morgan fingerprint density at radius 2 is 1.67 bits per heavy atom. The van der Waals surface area contributed by atoms with E-state index in [0.717, 1.165) is 0 Å². The lowest BCUT2D eigenvalue weighted by atomic mass is 10.1. The highest BCUT2D eigenvalue weighted by Gasteiger charge is 2.26. The summed E-state index contributed by atoms with van der Waals surface area (Å²) in [6.45, 7) is 0.648. The minimum absolute atomic E-state index is 0.0112. The maximum Gasteiger partial charge on any atom is 0.325 e. The van der Waals surface area contributed by atoms with Gasteiger partial charge < -0.3 is 31.9 Å². The number of nitrogens with two attached hydrogens (primary N) is 1. The molecule has 3 atom stereocenters. The number of carboxylic acid groups (broad SMARTS) is 2. The highest BCUT2D eigenvalue weighted by molar-refractivity contribution is 7.80. The van der Waals surface area contributed by atoms with Gasteiger partial charge in [0.05, 0.1) is 19.0 Å². The van der Waals surface area contributed by atoms with Crippen LogP contribution >= 0.6 is 12.6 Å². The number of rotatable bonds is 10. The normalized spacial score (nSPS) is 14.0. The number of carboxylic acids is 2. The SMILES string of the molecule is CC(NC(=O)CNC(=O)C(CC(=O)O)NC(=O)C(N)CS)C(=O)O. The van der Waals surface area contributed by atoms with Crippen LogP contribution in [0.3, 0.4) is 0 Å². The first-order valence-corrected chi connectivity index (χ1v) is 7.40. The fraction of sp³-hybridized carbons (Fsp3) is 0.583. The first-order valence-electron chi connectivity index (χ1n) is 6.77. The quantitative estimate of drug-likeness (QED) is 0.198. The number of amides is 3. The van der Waals surface area contributed by atoms with Crippen molar-refractivity contribution in [2.45, 2.75) is 31.5 Å². The van der Waals surface area contributed by atoms with Crippen molar-refractivity contribution in [1.29, 1.82) is 0 Å². The third-order valence-electron chi connectivity index (χ3n) is 2.72. The second kappa shape index (κ2) is 10.4. The van der Waals surface area contributed by atoms with E-state index in [9.17, 15) is 24.0 Å². The standard InChI is InChI=1S/C12H20N4O7S/c1-5(12(22)23)15-8(17)3-14-11(21)7(2-9(18)19)16-10(20)6(13)4-24/h5-7,24H,2-4,13H2,1H3,(H,14,21)(H,15,17)(H,16,20)(H,18,19)(H,22,23). The summed E-state index contributed by atoms with van der Waals surface area (Å²) >= 11 is 3.81. The molecule has 0 heterocycles. The van der Waals surface area contributed by atoms with Crippen LogP contribution in [0.5, 0.6) is 0 Å². The first-order chi connectivity index (χ1) is 11.1. The second-order valence-electron chi connectivity index (χ2n) is 4.79. The monoisotopic (exact) mass is 364 g/mol. The van der Waals surface area contributed by atoms with Crippen LogP contribution in [-0.4, -0.2) is 70.3 Å². The molecule has 0 aromatic heterocycles. The van der Waals surface area contributed by atoms with Gasteiger partial charge in [-0.3, -0.25) is 24.0 Å². The molecule has 0 bridgehead atoms. The molecule has 7 N–H and O–H groups in total. The maximum absolute atomic E-state index is 11.9. The van der Waals surface area contributed by atoms with Gasteiger partial charge in [0.2, 0.25) is 17.7 Å². The second-order valence-corrected chi connectivity index (χ2v) is 5.16. The molecule has 0 fully saturated rings. The van der Waals surface area contributed by atoms with Crippen LogP contribution in [0.1, 0.15) is 13.3 Å². The van der Waals surface area contributed by atoms with E-state index in [-0.39, 0.29) is 5.75 Å². The van der Waals surface area contributed by atoms with Crippen molar-refractivity contribution in [3.8, 4) is 0 Å². The largest absolute Gasteiger partial charge is 0.481 e. The van der Waals surface area contributed by atoms with E-state index in [1.165, 1.54) is 6.92 Å². The van der Waals surface area contributed by atoms with Crippen molar-refractivity contribution in [1.82, 2.24) is 16.0 Å². The summed E-state index contributed by atoms with van der Waals surface area (Å²) in [6.07, 6.45) is -0.718. The Hall–Kier alpha value is -2.34. The zero-order valence-electron chi connectivity index (χ0n) is 12.8. The minimum atomic E-state index is -1.44. The number of hydrogen-bond acceptors (Lipinski definition) is 7.